The van der Waals surface area contributed by atoms with Crippen molar-refractivity contribution in [3.63, 3.8) is 0 Å². The maximum atomic E-state index is 10.3. The number of benzene rings is 2. The fraction of sp³-hybridized carbons (Fsp3) is 0.227. The number of para-hydroxylation sites is 1. The third-order valence-electron chi connectivity index (χ3n) is 5.27. The van der Waals surface area contributed by atoms with Crippen molar-refractivity contribution >= 4 is 10.9 Å². The predicted molar refractivity (Wildman–Crippen MR) is 107 cm³/mol. The van der Waals surface area contributed by atoms with Gasteiger partial charge in [0.05, 0.1) is 24.9 Å². The number of nitrogens with zero attached hydrogens (tertiary/aromatic N) is 4. The molecule has 0 amide bonds. The van der Waals surface area contributed by atoms with Crippen LogP contribution in [0.4, 0.5) is 0 Å². The molecule has 0 saturated heterocycles. The predicted octanol–water partition coefficient (Wildman–Crippen LogP) is 3.74. The van der Waals surface area contributed by atoms with Crippen LogP contribution in [-0.2, 0) is 19.4 Å². The molecule has 1 aliphatic carbocycles. The van der Waals surface area contributed by atoms with Crippen LogP contribution in [0.15, 0.2) is 48.5 Å². The number of ether oxygens (including phenoxy) is 1. The number of aromatic nitrogens is 4. The molecule has 0 fully saturated rings. The first-order valence-corrected chi connectivity index (χ1v) is 9.40. The first kappa shape index (κ1) is 16.7. The van der Waals surface area contributed by atoms with Gasteiger partial charge in [-0.1, -0.05) is 30.3 Å². The molecule has 1 N–H and O–H groups in total. The lowest BCUT2D eigenvalue weighted by molar-refractivity contribution is 0.414. The van der Waals surface area contributed by atoms with Gasteiger partial charge in [0.2, 0.25) is 5.88 Å². The van der Waals surface area contributed by atoms with E-state index in [1.165, 1.54) is 0 Å². The Bertz CT molecular complexity index is 1170. The minimum atomic E-state index is 0.0892. The molecule has 0 radical (unpaired) electrons. The van der Waals surface area contributed by atoms with E-state index < -0.39 is 0 Å². The van der Waals surface area contributed by atoms with Crippen molar-refractivity contribution in [3.05, 3.63) is 65.4 Å². The van der Waals surface area contributed by atoms with E-state index in [2.05, 4.69) is 4.98 Å². The molecule has 140 valence electrons. The molecular formula is C22H20N4O2. The van der Waals surface area contributed by atoms with Crippen LogP contribution in [0.1, 0.15) is 23.2 Å². The zero-order valence-electron chi connectivity index (χ0n) is 15.6. The zero-order chi connectivity index (χ0) is 19.1. The van der Waals surface area contributed by atoms with Gasteiger partial charge in [-0.25, -0.2) is 4.98 Å². The van der Waals surface area contributed by atoms with Crippen molar-refractivity contribution in [2.24, 2.45) is 0 Å². The molecule has 1 aliphatic rings. The Hall–Kier alpha value is -3.41. The number of hydrogen-bond acceptors (Lipinski definition) is 5. The summed E-state index contributed by atoms with van der Waals surface area (Å²) in [5, 5.41) is 16.1. The Labute approximate surface area is 162 Å². The van der Waals surface area contributed by atoms with E-state index in [4.69, 9.17) is 14.8 Å². The van der Waals surface area contributed by atoms with Crippen LogP contribution in [0.5, 0.6) is 11.6 Å². The summed E-state index contributed by atoms with van der Waals surface area (Å²) in [4.78, 5) is 9.07. The summed E-state index contributed by atoms with van der Waals surface area (Å²) in [7, 11) is 1.66. The molecule has 2 aromatic heterocycles. The van der Waals surface area contributed by atoms with E-state index in [9.17, 15) is 5.11 Å². The first-order valence-electron chi connectivity index (χ1n) is 9.40. The van der Waals surface area contributed by atoms with E-state index in [-0.39, 0.29) is 5.88 Å². The lowest BCUT2D eigenvalue weighted by Crippen LogP contribution is -2.02. The molecular weight excluding hydrogens is 352 g/mol. The zero-order valence-corrected chi connectivity index (χ0v) is 15.6. The van der Waals surface area contributed by atoms with Gasteiger partial charge in [0.15, 0.2) is 5.82 Å². The summed E-state index contributed by atoms with van der Waals surface area (Å²) in [5.74, 6) is 1.41. The SMILES string of the molecule is COc1ccc(Cn2nc(-c3nc(O)c4c(n3)CCC4)c3ccccc32)cc1. The molecule has 0 aliphatic heterocycles. The average Bonchev–Trinajstić information content (AvgIpc) is 3.34. The molecule has 0 bridgehead atoms. The Balaban J connectivity index is 1.60. The van der Waals surface area contributed by atoms with Gasteiger partial charge in [-0.15, -0.1) is 0 Å². The summed E-state index contributed by atoms with van der Waals surface area (Å²) in [5.41, 5.74) is 4.66. The van der Waals surface area contributed by atoms with E-state index >= 15 is 0 Å². The van der Waals surface area contributed by atoms with Crippen molar-refractivity contribution in [2.45, 2.75) is 25.8 Å². The van der Waals surface area contributed by atoms with Gasteiger partial charge in [0.25, 0.3) is 0 Å². The van der Waals surface area contributed by atoms with Crippen molar-refractivity contribution in [1.82, 2.24) is 19.7 Å². The van der Waals surface area contributed by atoms with Gasteiger partial charge in [0, 0.05) is 10.9 Å². The number of rotatable bonds is 4. The van der Waals surface area contributed by atoms with Gasteiger partial charge >= 0.3 is 0 Å². The largest absolute Gasteiger partial charge is 0.497 e. The second-order valence-corrected chi connectivity index (χ2v) is 7.02. The van der Waals surface area contributed by atoms with E-state index in [0.717, 1.165) is 52.7 Å². The molecule has 0 spiro atoms. The van der Waals surface area contributed by atoms with Crippen LogP contribution in [0.2, 0.25) is 0 Å². The first-order chi connectivity index (χ1) is 13.7. The molecule has 6 nitrogen and oxygen atoms in total. The highest BCUT2D eigenvalue weighted by Gasteiger charge is 2.22. The van der Waals surface area contributed by atoms with Crippen molar-refractivity contribution in [1.29, 1.82) is 0 Å². The van der Waals surface area contributed by atoms with E-state index in [0.29, 0.717) is 18.1 Å². The summed E-state index contributed by atoms with van der Waals surface area (Å²) >= 11 is 0. The number of methoxy groups -OCH3 is 1. The molecule has 0 atom stereocenters. The standard InChI is InChI=1S/C22H20N4O2/c1-28-15-11-9-14(10-12-15)13-26-19-8-3-2-5-17(19)20(25-26)21-23-18-7-4-6-16(18)22(27)24-21/h2-3,5,8-12H,4,6-7,13H2,1H3,(H,23,24,27). The smallest absolute Gasteiger partial charge is 0.218 e. The average molecular weight is 372 g/mol. The Morgan fingerprint density at radius 3 is 2.68 bits per heavy atom. The quantitative estimate of drug-likeness (QED) is 0.591. The lowest BCUT2D eigenvalue weighted by atomic mass is 10.2. The molecule has 28 heavy (non-hydrogen) atoms. The van der Waals surface area contributed by atoms with Crippen molar-refractivity contribution in [2.75, 3.05) is 7.11 Å². The summed E-state index contributed by atoms with van der Waals surface area (Å²) < 4.78 is 7.20. The molecule has 6 heteroatoms. The molecule has 2 heterocycles. The Kier molecular flexibility index (Phi) is 3.97. The van der Waals surface area contributed by atoms with Crippen LogP contribution in [0, 0.1) is 0 Å². The van der Waals surface area contributed by atoms with Crippen molar-refractivity contribution < 1.29 is 9.84 Å². The maximum Gasteiger partial charge on any atom is 0.218 e. The summed E-state index contributed by atoms with van der Waals surface area (Å²) in [6, 6.07) is 16.0. The van der Waals surface area contributed by atoms with Crippen LogP contribution < -0.4 is 4.74 Å². The fourth-order valence-corrected chi connectivity index (χ4v) is 3.84. The minimum Gasteiger partial charge on any atom is -0.497 e. The van der Waals surface area contributed by atoms with Crippen LogP contribution in [0.25, 0.3) is 22.4 Å². The molecule has 5 rings (SSSR count). The minimum absolute atomic E-state index is 0.0892. The van der Waals surface area contributed by atoms with Gasteiger partial charge in [-0.2, -0.15) is 10.1 Å². The normalized spacial score (nSPS) is 13.0. The lowest BCUT2D eigenvalue weighted by Gasteiger charge is -2.05. The highest BCUT2D eigenvalue weighted by molar-refractivity contribution is 5.91. The molecule has 2 aromatic carbocycles. The van der Waals surface area contributed by atoms with Crippen LogP contribution >= 0.6 is 0 Å². The second-order valence-electron chi connectivity index (χ2n) is 7.02. The fourth-order valence-electron chi connectivity index (χ4n) is 3.84. The van der Waals surface area contributed by atoms with Gasteiger partial charge < -0.3 is 9.84 Å². The van der Waals surface area contributed by atoms with Crippen molar-refractivity contribution in [3.8, 4) is 23.1 Å². The van der Waals surface area contributed by atoms with E-state index in [1.807, 2.05) is 53.2 Å². The van der Waals surface area contributed by atoms with Gasteiger partial charge in [0.1, 0.15) is 11.4 Å². The van der Waals surface area contributed by atoms with Crippen LogP contribution in [0.3, 0.4) is 0 Å². The molecule has 0 unspecified atom stereocenters. The third-order valence-corrected chi connectivity index (χ3v) is 5.27. The third kappa shape index (κ3) is 2.78. The number of aromatic hydroxyl groups is 1. The van der Waals surface area contributed by atoms with Crippen LogP contribution in [-0.4, -0.2) is 32.0 Å². The number of fused-ring (bicyclic) bond motifs is 2. The Morgan fingerprint density at radius 1 is 1.04 bits per heavy atom. The summed E-state index contributed by atoms with van der Waals surface area (Å²) in [6.45, 7) is 0.626. The topological polar surface area (TPSA) is 73.1 Å². The highest BCUT2D eigenvalue weighted by atomic mass is 16.5. The highest BCUT2D eigenvalue weighted by Crippen LogP contribution is 2.32. The number of hydrogen-bond donors (Lipinski definition) is 1. The summed E-state index contributed by atoms with van der Waals surface area (Å²) in [6.07, 6.45) is 2.73. The Morgan fingerprint density at radius 2 is 1.86 bits per heavy atom. The maximum absolute atomic E-state index is 10.3. The van der Waals surface area contributed by atoms with E-state index in [1.54, 1.807) is 7.11 Å². The van der Waals surface area contributed by atoms with Gasteiger partial charge in [-0.3, -0.25) is 4.68 Å². The number of aryl methyl sites for hydroxylation is 1. The van der Waals surface area contributed by atoms with Gasteiger partial charge in [-0.05, 0) is 43.0 Å². The monoisotopic (exact) mass is 372 g/mol. The molecule has 0 saturated carbocycles. The molecule has 4 aromatic rings. The second kappa shape index (κ2) is 6.64.